The minimum absolute atomic E-state index is 0.438. The molecular formula is C17H16ClN5. The van der Waals surface area contributed by atoms with Crippen LogP contribution in [0.4, 0.5) is 28.7 Å². The number of rotatable bonds is 4. The molecule has 0 amide bonds. The quantitative estimate of drug-likeness (QED) is 0.658. The Kier molecular flexibility index (Phi) is 4.30. The third-order valence-electron chi connectivity index (χ3n) is 3.29. The molecule has 0 aliphatic rings. The van der Waals surface area contributed by atoms with Crippen LogP contribution in [0.15, 0.2) is 54.9 Å². The number of nitrogen functional groups attached to an aromatic ring is 1. The van der Waals surface area contributed by atoms with Gasteiger partial charge in [-0.15, -0.1) is 0 Å². The molecule has 0 atom stereocenters. The van der Waals surface area contributed by atoms with Gasteiger partial charge in [-0.05, 0) is 37.3 Å². The number of nitrogens with two attached hydrogens (primary N) is 1. The number of nitrogens with zero attached hydrogens (tertiary/aromatic N) is 2. The minimum atomic E-state index is 0.438. The van der Waals surface area contributed by atoms with Gasteiger partial charge in [0, 0.05) is 16.4 Å². The van der Waals surface area contributed by atoms with E-state index in [2.05, 4.69) is 20.6 Å². The zero-order valence-corrected chi connectivity index (χ0v) is 13.3. The summed E-state index contributed by atoms with van der Waals surface area (Å²) in [6.45, 7) is 2.04. The summed E-state index contributed by atoms with van der Waals surface area (Å²) in [7, 11) is 0. The highest BCUT2D eigenvalue weighted by molar-refractivity contribution is 6.30. The van der Waals surface area contributed by atoms with Crippen LogP contribution >= 0.6 is 11.6 Å². The molecule has 0 saturated heterocycles. The summed E-state index contributed by atoms with van der Waals surface area (Å²) in [5, 5.41) is 6.98. The zero-order chi connectivity index (χ0) is 16.2. The van der Waals surface area contributed by atoms with Crippen molar-refractivity contribution in [1.82, 2.24) is 9.97 Å². The Bertz CT molecular complexity index is 817. The van der Waals surface area contributed by atoms with Gasteiger partial charge in [-0.25, -0.2) is 9.97 Å². The van der Waals surface area contributed by atoms with Gasteiger partial charge in [-0.3, -0.25) is 0 Å². The predicted octanol–water partition coefficient (Wildman–Crippen LogP) is 4.51. The maximum Gasteiger partial charge on any atom is 0.159 e. The van der Waals surface area contributed by atoms with Crippen molar-refractivity contribution in [2.24, 2.45) is 0 Å². The second-order valence-electron chi connectivity index (χ2n) is 5.11. The fourth-order valence-corrected chi connectivity index (χ4v) is 2.26. The molecule has 116 valence electrons. The number of nitrogens with one attached hydrogen (secondary N) is 2. The summed E-state index contributed by atoms with van der Waals surface area (Å²) in [4.78, 5) is 8.39. The van der Waals surface area contributed by atoms with Crippen molar-refractivity contribution >= 4 is 40.3 Å². The van der Waals surface area contributed by atoms with Crippen LogP contribution in [0.2, 0.25) is 5.02 Å². The molecule has 3 rings (SSSR count). The van der Waals surface area contributed by atoms with Gasteiger partial charge in [0.25, 0.3) is 0 Å². The molecule has 6 heteroatoms. The van der Waals surface area contributed by atoms with Crippen LogP contribution in [0.25, 0.3) is 0 Å². The van der Waals surface area contributed by atoms with Crippen molar-refractivity contribution < 1.29 is 0 Å². The van der Waals surface area contributed by atoms with Gasteiger partial charge < -0.3 is 16.4 Å². The van der Waals surface area contributed by atoms with Gasteiger partial charge in [0.2, 0.25) is 0 Å². The lowest BCUT2D eigenvalue weighted by molar-refractivity contribution is 1.17. The summed E-state index contributed by atoms with van der Waals surface area (Å²) >= 11 is 5.99. The van der Waals surface area contributed by atoms with Crippen molar-refractivity contribution in [1.29, 1.82) is 0 Å². The maximum atomic E-state index is 6.16. The average Bonchev–Trinajstić information content (AvgIpc) is 2.53. The van der Waals surface area contributed by atoms with E-state index < -0.39 is 0 Å². The largest absolute Gasteiger partial charge is 0.393 e. The van der Waals surface area contributed by atoms with E-state index in [1.807, 2.05) is 43.3 Å². The maximum absolute atomic E-state index is 6.16. The van der Waals surface area contributed by atoms with Crippen LogP contribution < -0.4 is 16.4 Å². The summed E-state index contributed by atoms with van der Waals surface area (Å²) in [6.07, 6.45) is 1.46. The standard InChI is InChI=1S/C17H16ClN5/c1-11-5-7-13(8-6-11)22-16-15(19)17(21-10-20-16)23-14-4-2-3-12(18)9-14/h2-10H,19H2,1H3,(H2,20,21,22,23). The third-order valence-corrected chi connectivity index (χ3v) is 3.52. The molecule has 0 spiro atoms. The number of hydrogen-bond donors (Lipinski definition) is 3. The van der Waals surface area contributed by atoms with E-state index in [0.717, 1.165) is 11.4 Å². The van der Waals surface area contributed by atoms with Gasteiger partial charge in [0.15, 0.2) is 11.6 Å². The summed E-state index contributed by atoms with van der Waals surface area (Å²) in [5.74, 6) is 1.07. The number of anilines is 5. The van der Waals surface area contributed by atoms with Crippen LogP contribution in [0.5, 0.6) is 0 Å². The molecule has 4 N–H and O–H groups in total. The lowest BCUT2D eigenvalue weighted by Gasteiger charge is -2.12. The molecular weight excluding hydrogens is 310 g/mol. The molecule has 1 aromatic heterocycles. The molecule has 0 aliphatic carbocycles. The predicted molar refractivity (Wildman–Crippen MR) is 95.6 cm³/mol. The monoisotopic (exact) mass is 325 g/mol. The molecule has 0 radical (unpaired) electrons. The van der Waals surface area contributed by atoms with Crippen molar-refractivity contribution in [3.63, 3.8) is 0 Å². The number of halogens is 1. The summed E-state index contributed by atoms with van der Waals surface area (Å²) < 4.78 is 0. The van der Waals surface area contributed by atoms with Crippen molar-refractivity contribution in [3.05, 3.63) is 65.4 Å². The highest BCUT2D eigenvalue weighted by atomic mass is 35.5. The fraction of sp³-hybridized carbons (Fsp3) is 0.0588. The van der Waals surface area contributed by atoms with Crippen LogP contribution in [0.1, 0.15) is 5.56 Å². The third kappa shape index (κ3) is 3.70. The molecule has 0 aliphatic heterocycles. The van der Waals surface area contributed by atoms with Crippen LogP contribution in [-0.2, 0) is 0 Å². The Hall–Kier alpha value is -2.79. The van der Waals surface area contributed by atoms with Crippen LogP contribution in [0, 0.1) is 6.92 Å². The van der Waals surface area contributed by atoms with Crippen molar-refractivity contribution in [2.75, 3.05) is 16.4 Å². The van der Waals surface area contributed by atoms with Gasteiger partial charge in [-0.1, -0.05) is 35.4 Å². The van der Waals surface area contributed by atoms with E-state index in [1.165, 1.54) is 11.9 Å². The first-order valence-corrected chi connectivity index (χ1v) is 7.46. The molecule has 1 heterocycles. The smallest absolute Gasteiger partial charge is 0.159 e. The van der Waals surface area contributed by atoms with Crippen molar-refractivity contribution in [3.8, 4) is 0 Å². The second-order valence-corrected chi connectivity index (χ2v) is 5.55. The molecule has 5 nitrogen and oxygen atoms in total. The molecule has 3 aromatic rings. The van der Waals surface area contributed by atoms with Crippen LogP contribution in [0.3, 0.4) is 0 Å². The Balaban J connectivity index is 1.84. The van der Waals surface area contributed by atoms with E-state index in [9.17, 15) is 0 Å². The van der Waals surface area contributed by atoms with Gasteiger partial charge in [-0.2, -0.15) is 0 Å². The fourth-order valence-electron chi connectivity index (χ4n) is 2.07. The highest BCUT2D eigenvalue weighted by Gasteiger charge is 2.09. The number of hydrogen-bond acceptors (Lipinski definition) is 5. The second kappa shape index (κ2) is 6.54. The number of benzene rings is 2. The Morgan fingerprint density at radius 1 is 0.913 bits per heavy atom. The summed E-state index contributed by atoms with van der Waals surface area (Å²) in [5.41, 5.74) is 9.51. The molecule has 0 unspecified atom stereocenters. The van der Waals surface area contributed by atoms with E-state index in [1.54, 1.807) is 12.1 Å². The molecule has 0 saturated carbocycles. The normalized spacial score (nSPS) is 10.3. The molecule has 0 fully saturated rings. The van der Waals surface area contributed by atoms with Crippen LogP contribution in [-0.4, -0.2) is 9.97 Å². The first-order chi connectivity index (χ1) is 11.1. The Morgan fingerprint density at radius 3 is 2.22 bits per heavy atom. The van der Waals surface area contributed by atoms with E-state index in [4.69, 9.17) is 17.3 Å². The topological polar surface area (TPSA) is 75.9 Å². The number of aromatic nitrogens is 2. The lowest BCUT2D eigenvalue weighted by Crippen LogP contribution is -2.05. The van der Waals surface area contributed by atoms with Gasteiger partial charge in [0.05, 0.1) is 0 Å². The first-order valence-electron chi connectivity index (χ1n) is 7.08. The molecule has 23 heavy (non-hydrogen) atoms. The van der Waals surface area contributed by atoms with Gasteiger partial charge in [0.1, 0.15) is 12.0 Å². The number of aryl methyl sites for hydroxylation is 1. The van der Waals surface area contributed by atoms with E-state index in [-0.39, 0.29) is 0 Å². The highest BCUT2D eigenvalue weighted by Crippen LogP contribution is 2.28. The Morgan fingerprint density at radius 2 is 1.57 bits per heavy atom. The van der Waals surface area contributed by atoms with E-state index >= 15 is 0 Å². The first kappa shape index (κ1) is 15.1. The lowest BCUT2D eigenvalue weighted by atomic mass is 10.2. The Labute approximate surface area is 139 Å². The average molecular weight is 326 g/mol. The van der Waals surface area contributed by atoms with E-state index in [0.29, 0.717) is 22.3 Å². The zero-order valence-electron chi connectivity index (χ0n) is 12.5. The minimum Gasteiger partial charge on any atom is -0.393 e. The molecule has 0 bridgehead atoms. The van der Waals surface area contributed by atoms with Gasteiger partial charge >= 0.3 is 0 Å². The SMILES string of the molecule is Cc1ccc(Nc2ncnc(Nc3cccc(Cl)c3)c2N)cc1. The molecule has 2 aromatic carbocycles. The summed E-state index contributed by atoms with van der Waals surface area (Å²) in [6, 6.07) is 15.3. The van der Waals surface area contributed by atoms with Crippen molar-refractivity contribution in [2.45, 2.75) is 6.92 Å².